The maximum atomic E-state index is 2.32. The molecule has 204 valence electrons. The molecule has 0 aromatic rings. The summed E-state index contributed by atoms with van der Waals surface area (Å²) in [6.45, 7) is 6.97. The predicted octanol–water partition coefficient (Wildman–Crippen LogP) is 13.1. The molecule has 0 spiro atoms. The third-order valence-corrected chi connectivity index (χ3v) is 15.9. The zero-order valence-corrected chi connectivity index (χ0v) is 27.2. The van der Waals surface area contributed by atoms with Gasteiger partial charge in [-0.3, -0.25) is 0 Å². The van der Waals surface area contributed by atoms with E-state index in [0.717, 1.165) is 0 Å². The Balaban J connectivity index is 3.85. The van der Waals surface area contributed by atoms with Crippen molar-refractivity contribution in [2.75, 3.05) is 0 Å². The molecule has 0 aromatic carbocycles. The fraction of sp³-hybridized carbons (Fsp3) is 1.00. The molecule has 0 rings (SSSR count). The zero-order chi connectivity index (χ0) is 24.8. The molecule has 0 fully saturated rings. The molecule has 0 nitrogen and oxygen atoms in total. The van der Waals surface area contributed by atoms with Gasteiger partial charge in [0.1, 0.15) is 0 Å². The van der Waals surface area contributed by atoms with Crippen molar-refractivity contribution in [1.29, 1.82) is 0 Å². The van der Waals surface area contributed by atoms with Gasteiger partial charge in [-0.25, -0.2) is 0 Å². The molecule has 0 heterocycles. The summed E-state index contributed by atoms with van der Waals surface area (Å²) in [5.41, 5.74) is 0. The van der Waals surface area contributed by atoms with Gasteiger partial charge in [0.2, 0.25) is 0 Å². The normalized spacial score (nSPS) is 11.4. The van der Waals surface area contributed by atoms with Crippen molar-refractivity contribution in [1.82, 2.24) is 0 Å². The van der Waals surface area contributed by atoms with Crippen LogP contribution in [0.25, 0.3) is 0 Å². The first-order valence-corrected chi connectivity index (χ1v) is 22.0. The van der Waals surface area contributed by atoms with Crippen LogP contribution in [0, 0.1) is 0 Å². The average Bonchev–Trinajstić information content (AvgIpc) is 2.85. The molecule has 0 unspecified atom stereocenters. The third-order valence-electron chi connectivity index (χ3n) is 8.15. The van der Waals surface area contributed by atoms with E-state index < -0.39 is 16.2 Å². The van der Waals surface area contributed by atoms with Crippen LogP contribution in [0.2, 0.25) is 14.9 Å². The van der Waals surface area contributed by atoms with Crippen molar-refractivity contribution in [2.24, 2.45) is 0 Å². The number of hydrogen-bond acceptors (Lipinski definition) is 0. The Bertz CT molecular complexity index is 287. The molecule has 1 heteroatoms. The Labute approximate surface area is 224 Å². The van der Waals surface area contributed by atoms with Gasteiger partial charge < -0.3 is 0 Å². The van der Waals surface area contributed by atoms with Crippen LogP contribution in [0.15, 0.2) is 0 Å². The van der Waals surface area contributed by atoms with Gasteiger partial charge in [-0.2, -0.15) is 0 Å². The van der Waals surface area contributed by atoms with Gasteiger partial charge >= 0.3 is 225 Å². The Morgan fingerprint density at radius 2 is 0.412 bits per heavy atom. The molecule has 34 heavy (non-hydrogen) atoms. The number of hydrogen-bond donors (Lipinski definition) is 0. The molecular weight excluding hydrogens is 466 g/mol. The Morgan fingerprint density at radius 3 is 0.618 bits per heavy atom. The number of rotatable bonds is 30. The summed E-state index contributed by atoms with van der Waals surface area (Å²) < 4.78 is 0. The predicted molar refractivity (Wildman–Crippen MR) is 162 cm³/mol. The first kappa shape index (κ1) is 34.6. The van der Waals surface area contributed by atoms with Crippen LogP contribution in [-0.2, 0) is 0 Å². The maximum absolute atomic E-state index is 2.32. The van der Waals surface area contributed by atoms with Gasteiger partial charge in [-0.1, -0.05) is 0 Å². The minimum absolute atomic E-state index is 0.981. The van der Waals surface area contributed by atoms with Gasteiger partial charge in [-0.15, -0.1) is 0 Å². The fourth-order valence-corrected chi connectivity index (χ4v) is 12.9. The van der Waals surface area contributed by atoms with E-state index in [1.807, 2.05) is 0 Å². The fourth-order valence-electron chi connectivity index (χ4n) is 5.66. The van der Waals surface area contributed by atoms with Gasteiger partial charge in [0.15, 0.2) is 0 Å². The molecule has 0 saturated carbocycles. The monoisotopic (exact) mass is 534 g/mol. The van der Waals surface area contributed by atoms with Crippen LogP contribution >= 0.6 is 0 Å². The molecule has 0 amide bonds. The van der Waals surface area contributed by atoms with Crippen LogP contribution in [0.5, 0.6) is 0 Å². The standard InChI is InChI=1S/3C11H23.Ga/c3*1-3-5-7-9-11-10-8-6-4-2;/h3*1,3-11H2,2H3;. The van der Waals surface area contributed by atoms with E-state index in [0.29, 0.717) is 0 Å². The van der Waals surface area contributed by atoms with Crippen LogP contribution in [-0.4, -0.2) is 16.2 Å². The third kappa shape index (κ3) is 28.9. The average molecular weight is 536 g/mol. The molecule has 0 bridgehead atoms. The first-order chi connectivity index (χ1) is 16.8. The SMILES string of the molecule is CCCCCCCCCC[CH2][Ga]([CH2]CCCCCCCCCC)[CH2]CCCCCCCCCC. The molecule has 0 aromatic heterocycles. The van der Waals surface area contributed by atoms with Gasteiger partial charge in [-0.05, 0) is 0 Å². The Kier molecular flexibility index (Phi) is 32.3. The molecule has 0 aliphatic heterocycles. The van der Waals surface area contributed by atoms with Crippen LogP contribution in [0.4, 0.5) is 0 Å². The quantitative estimate of drug-likeness (QED) is 0.0634. The van der Waals surface area contributed by atoms with Crippen molar-refractivity contribution in [2.45, 2.75) is 209 Å². The summed E-state index contributed by atoms with van der Waals surface area (Å²) in [4.78, 5) is 5.16. The minimum atomic E-state index is -0.981. The van der Waals surface area contributed by atoms with Gasteiger partial charge in [0.05, 0.1) is 0 Å². The van der Waals surface area contributed by atoms with E-state index >= 15 is 0 Å². The second kappa shape index (κ2) is 31.7. The molecular formula is C33H69Ga. The van der Waals surface area contributed by atoms with E-state index in [4.69, 9.17) is 0 Å². The molecule has 0 saturated heterocycles. The van der Waals surface area contributed by atoms with Crippen LogP contribution < -0.4 is 0 Å². The summed E-state index contributed by atoms with van der Waals surface area (Å²) in [6, 6.07) is 0. The van der Waals surface area contributed by atoms with Crippen molar-refractivity contribution in [3.8, 4) is 0 Å². The Morgan fingerprint density at radius 1 is 0.235 bits per heavy atom. The summed E-state index contributed by atoms with van der Waals surface area (Å²) in [6.07, 6.45) is 40.4. The van der Waals surface area contributed by atoms with E-state index in [2.05, 4.69) is 20.8 Å². The first-order valence-electron chi connectivity index (χ1n) is 16.8. The van der Waals surface area contributed by atoms with Crippen molar-refractivity contribution < 1.29 is 0 Å². The summed E-state index contributed by atoms with van der Waals surface area (Å²) in [5, 5.41) is 0. The second-order valence-corrected chi connectivity index (χ2v) is 19.0. The molecule has 0 N–H and O–H groups in total. The van der Waals surface area contributed by atoms with Crippen molar-refractivity contribution in [3.05, 3.63) is 0 Å². The van der Waals surface area contributed by atoms with Gasteiger partial charge in [0.25, 0.3) is 0 Å². The molecule has 0 aliphatic carbocycles. The van der Waals surface area contributed by atoms with Gasteiger partial charge in [0, 0.05) is 0 Å². The van der Waals surface area contributed by atoms with E-state index in [1.165, 1.54) is 135 Å². The summed E-state index contributed by atoms with van der Waals surface area (Å²) >= 11 is -0.981. The molecule has 0 aliphatic rings. The molecule has 0 radical (unpaired) electrons. The second-order valence-electron chi connectivity index (χ2n) is 11.7. The van der Waals surface area contributed by atoms with Crippen LogP contribution in [0.1, 0.15) is 194 Å². The summed E-state index contributed by atoms with van der Waals surface area (Å²) in [5.74, 6) is 0. The van der Waals surface area contributed by atoms with Crippen molar-refractivity contribution in [3.63, 3.8) is 0 Å². The van der Waals surface area contributed by atoms with E-state index in [9.17, 15) is 0 Å². The topological polar surface area (TPSA) is 0 Å². The van der Waals surface area contributed by atoms with Crippen LogP contribution in [0.3, 0.4) is 0 Å². The van der Waals surface area contributed by atoms with Crippen molar-refractivity contribution >= 4 is 16.2 Å². The molecule has 0 atom stereocenters. The Hall–Kier alpha value is 0.636. The number of unbranched alkanes of at least 4 members (excludes halogenated alkanes) is 24. The van der Waals surface area contributed by atoms with E-state index in [-0.39, 0.29) is 0 Å². The summed E-state index contributed by atoms with van der Waals surface area (Å²) in [7, 11) is 0. The van der Waals surface area contributed by atoms with E-state index in [1.54, 1.807) is 53.5 Å². The zero-order valence-electron chi connectivity index (χ0n) is 24.8.